The van der Waals surface area contributed by atoms with Crippen LogP contribution in [0.25, 0.3) is 5.69 Å². The van der Waals surface area contributed by atoms with Crippen LogP contribution in [0.15, 0.2) is 60.0 Å². The average molecular weight is 359 g/mol. The molecular weight excluding hydrogens is 344 g/mol. The zero-order valence-electron chi connectivity index (χ0n) is 12.9. The lowest BCUT2D eigenvalue weighted by Gasteiger charge is -2.09. The maximum absolute atomic E-state index is 12.1. The Labute approximate surface area is 149 Å². The van der Waals surface area contributed by atoms with Crippen LogP contribution in [0.3, 0.4) is 0 Å². The van der Waals surface area contributed by atoms with Gasteiger partial charge >= 0.3 is 0 Å². The van der Waals surface area contributed by atoms with E-state index in [-0.39, 0.29) is 11.7 Å². The molecule has 1 aromatic heterocycles. The monoisotopic (exact) mass is 358 g/mol. The number of aryl methyl sites for hydroxylation is 1. The number of hydrogen-bond donors (Lipinski definition) is 1. The van der Waals surface area contributed by atoms with Crippen molar-refractivity contribution in [1.29, 1.82) is 0 Å². The summed E-state index contributed by atoms with van der Waals surface area (Å²) in [6.45, 7) is 2.02. The minimum absolute atomic E-state index is 0.124. The van der Waals surface area contributed by atoms with E-state index in [1.54, 1.807) is 30.6 Å². The number of hydrogen-bond acceptors (Lipinski definition) is 4. The average Bonchev–Trinajstić information content (AvgIpc) is 3.02. The van der Waals surface area contributed by atoms with Crippen molar-refractivity contribution in [2.24, 2.45) is 0 Å². The summed E-state index contributed by atoms with van der Waals surface area (Å²) in [5.74, 6) is 0.110. The molecule has 122 valence electrons. The fourth-order valence-electron chi connectivity index (χ4n) is 2.22. The van der Waals surface area contributed by atoms with E-state index in [2.05, 4.69) is 15.5 Å². The number of rotatable bonds is 5. The van der Waals surface area contributed by atoms with Gasteiger partial charge in [0.2, 0.25) is 5.91 Å². The molecule has 2 aromatic carbocycles. The summed E-state index contributed by atoms with van der Waals surface area (Å²) in [4.78, 5) is 12.1. The normalized spacial score (nSPS) is 10.6. The Bertz CT molecular complexity index is 865. The first-order valence-electron chi connectivity index (χ1n) is 7.28. The molecular formula is C17H15ClN4OS. The Kier molecular flexibility index (Phi) is 5.17. The second-order valence-corrected chi connectivity index (χ2v) is 6.50. The van der Waals surface area contributed by atoms with Gasteiger partial charge in [0.25, 0.3) is 0 Å². The minimum atomic E-state index is -0.124. The minimum Gasteiger partial charge on any atom is -0.325 e. The van der Waals surface area contributed by atoms with Gasteiger partial charge in [0.15, 0.2) is 5.16 Å². The second-order valence-electron chi connectivity index (χ2n) is 5.12. The van der Waals surface area contributed by atoms with Crippen LogP contribution in [0.1, 0.15) is 5.56 Å². The lowest BCUT2D eigenvalue weighted by atomic mass is 10.2. The zero-order chi connectivity index (χ0) is 16.9. The van der Waals surface area contributed by atoms with Gasteiger partial charge in [-0.3, -0.25) is 9.36 Å². The number of benzene rings is 2. The molecule has 0 saturated carbocycles. The van der Waals surface area contributed by atoms with Gasteiger partial charge in [-0.05, 0) is 36.8 Å². The summed E-state index contributed by atoms with van der Waals surface area (Å²) in [6.07, 6.45) is 1.65. The van der Waals surface area contributed by atoms with Gasteiger partial charge in [-0.2, -0.15) is 0 Å². The van der Waals surface area contributed by atoms with Crippen LogP contribution >= 0.6 is 23.4 Å². The Morgan fingerprint density at radius 2 is 2.08 bits per heavy atom. The second kappa shape index (κ2) is 7.51. The van der Waals surface area contributed by atoms with E-state index in [9.17, 15) is 4.79 Å². The highest BCUT2D eigenvalue weighted by Gasteiger charge is 2.11. The predicted octanol–water partition coefficient (Wildman–Crippen LogP) is 3.96. The van der Waals surface area contributed by atoms with Crippen molar-refractivity contribution in [2.45, 2.75) is 12.1 Å². The summed E-state index contributed by atoms with van der Waals surface area (Å²) in [7, 11) is 0. The Balaban J connectivity index is 1.67. The van der Waals surface area contributed by atoms with Crippen molar-refractivity contribution in [3.63, 3.8) is 0 Å². The van der Waals surface area contributed by atoms with Gasteiger partial charge in [0.1, 0.15) is 6.33 Å². The van der Waals surface area contributed by atoms with Gasteiger partial charge in [-0.25, -0.2) is 0 Å². The molecule has 3 aromatic rings. The molecule has 0 fully saturated rings. The van der Waals surface area contributed by atoms with Crippen molar-refractivity contribution in [2.75, 3.05) is 11.1 Å². The number of carbonyl (C=O) groups excluding carboxylic acids is 1. The van der Waals surface area contributed by atoms with Gasteiger partial charge in [-0.15, -0.1) is 10.2 Å². The van der Waals surface area contributed by atoms with Crippen LogP contribution in [0.5, 0.6) is 0 Å². The molecule has 0 aliphatic rings. The maximum Gasteiger partial charge on any atom is 0.234 e. The fourth-order valence-corrected chi connectivity index (χ4v) is 3.13. The van der Waals surface area contributed by atoms with E-state index < -0.39 is 0 Å². The molecule has 1 amide bonds. The van der Waals surface area contributed by atoms with Crippen LogP contribution in [-0.4, -0.2) is 26.4 Å². The van der Waals surface area contributed by atoms with E-state index >= 15 is 0 Å². The highest BCUT2D eigenvalue weighted by Crippen LogP contribution is 2.22. The number of nitrogens with one attached hydrogen (secondary N) is 1. The van der Waals surface area contributed by atoms with Gasteiger partial charge < -0.3 is 5.32 Å². The molecule has 0 saturated heterocycles. The molecule has 5 nitrogen and oxygen atoms in total. The molecule has 0 aliphatic heterocycles. The lowest BCUT2D eigenvalue weighted by molar-refractivity contribution is -0.113. The molecule has 24 heavy (non-hydrogen) atoms. The van der Waals surface area contributed by atoms with Crippen molar-refractivity contribution < 1.29 is 4.79 Å². The van der Waals surface area contributed by atoms with Crippen molar-refractivity contribution in [3.05, 3.63) is 65.4 Å². The quantitative estimate of drug-likeness (QED) is 0.701. The van der Waals surface area contributed by atoms with Crippen LogP contribution in [0.2, 0.25) is 5.02 Å². The molecule has 7 heteroatoms. The number of para-hydroxylation sites is 1. The third-order valence-corrected chi connectivity index (χ3v) is 4.51. The summed E-state index contributed by atoms with van der Waals surface area (Å²) in [5, 5.41) is 12.1. The van der Waals surface area contributed by atoms with Crippen molar-refractivity contribution >= 4 is 35.0 Å². The van der Waals surface area contributed by atoms with Gasteiger partial charge in [-0.1, -0.05) is 47.6 Å². The third kappa shape index (κ3) is 3.96. The third-order valence-electron chi connectivity index (χ3n) is 3.33. The van der Waals surface area contributed by atoms with Crippen molar-refractivity contribution in [1.82, 2.24) is 14.8 Å². The number of amides is 1. The smallest absolute Gasteiger partial charge is 0.234 e. The molecule has 0 bridgehead atoms. The number of aromatic nitrogens is 3. The Morgan fingerprint density at radius 1 is 1.25 bits per heavy atom. The van der Waals surface area contributed by atoms with Crippen LogP contribution in [0.4, 0.5) is 5.69 Å². The zero-order valence-corrected chi connectivity index (χ0v) is 14.5. The molecule has 0 spiro atoms. The van der Waals surface area contributed by atoms with E-state index in [1.807, 2.05) is 35.8 Å². The van der Waals surface area contributed by atoms with E-state index in [4.69, 9.17) is 11.6 Å². The first-order valence-corrected chi connectivity index (χ1v) is 8.64. The molecule has 0 aliphatic carbocycles. The van der Waals surface area contributed by atoms with Crippen molar-refractivity contribution in [3.8, 4) is 5.69 Å². The van der Waals surface area contributed by atoms with Gasteiger partial charge in [0, 0.05) is 10.7 Å². The number of halogens is 1. The largest absolute Gasteiger partial charge is 0.325 e. The molecule has 0 atom stereocenters. The lowest BCUT2D eigenvalue weighted by Crippen LogP contribution is -2.14. The maximum atomic E-state index is 12.1. The highest BCUT2D eigenvalue weighted by molar-refractivity contribution is 7.99. The molecule has 1 heterocycles. The van der Waals surface area contributed by atoms with E-state index in [1.165, 1.54) is 11.8 Å². The predicted molar refractivity (Wildman–Crippen MR) is 96.9 cm³/mol. The summed E-state index contributed by atoms with van der Waals surface area (Å²) in [6, 6.07) is 15.0. The standard InChI is InChI=1S/C17H15ClN4OS/c1-12-5-2-3-8-15(12)22-11-19-21-17(22)24-10-16(23)20-14-7-4-6-13(18)9-14/h2-9,11H,10H2,1H3,(H,20,23). The Hall–Kier alpha value is -2.31. The Morgan fingerprint density at radius 3 is 2.88 bits per heavy atom. The summed E-state index contributed by atoms with van der Waals surface area (Å²) < 4.78 is 1.88. The summed E-state index contributed by atoms with van der Waals surface area (Å²) in [5.41, 5.74) is 2.79. The van der Waals surface area contributed by atoms with Crippen LogP contribution in [0, 0.1) is 6.92 Å². The van der Waals surface area contributed by atoms with E-state index in [0.717, 1.165) is 11.3 Å². The van der Waals surface area contributed by atoms with Gasteiger partial charge in [0.05, 0.1) is 11.4 Å². The van der Waals surface area contributed by atoms with Crippen LogP contribution < -0.4 is 5.32 Å². The van der Waals surface area contributed by atoms with E-state index in [0.29, 0.717) is 15.9 Å². The molecule has 1 N–H and O–H groups in total. The first kappa shape index (κ1) is 16.5. The fraction of sp³-hybridized carbons (Fsp3) is 0.118. The number of nitrogens with zero attached hydrogens (tertiary/aromatic N) is 3. The van der Waals surface area contributed by atoms with Crippen LogP contribution in [-0.2, 0) is 4.79 Å². The molecule has 0 radical (unpaired) electrons. The SMILES string of the molecule is Cc1ccccc1-n1cnnc1SCC(=O)Nc1cccc(Cl)c1. The highest BCUT2D eigenvalue weighted by atomic mass is 35.5. The first-order chi connectivity index (χ1) is 11.6. The topological polar surface area (TPSA) is 59.8 Å². The molecule has 0 unspecified atom stereocenters. The number of thioether (sulfide) groups is 1. The number of anilines is 1. The summed E-state index contributed by atoms with van der Waals surface area (Å²) >= 11 is 7.25. The number of carbonyl (C=O) groups is 1. The molecule has 3 rings (SSSR count).